The fourth-order valence-corrected chi connectivity index (χ4v) is 2.99. The highest BCUT2D eigenvalue weighted by Crippen LogP contribution is 2.42. The third kappa shape index (κ3) is 3.43. The average molecular weight is 375 g/mol. The Kier molecular flexibility index (Phi) is 5.55. The van der Waals surface area contributed by atoms with Crippen molar-refractivity contribution in [1.82, 2.24) is 20.2 Å². The zero-order chi connectivity index (χ0) is 19.4. The number of methoxy groups -OCH3 is 3. The summed E-state index contributed by atoms with van der Waals surface area (Å²) in [4.78, 5) is 12.8. The molecule has 2 heterocycles. The van der Waals surface area contributed by atoms with Crippen LogP contribution in [0.1, 0.15) is 18.5 Å². The Labute approximate surface area is 156 Å². The average Bonchev–Trinajstić information content (AvgIpc) is 3.14. The van der Waals surface area contributed by atoms with Crippen molar-refractivity contribution in [3.8, 4) is 11.5 Å². The van der Waals surface area contributed by atoms with Crippen molar-refractivity contribution in [3.63, 3.8) is 0 Å². The number of rotatable bonds is 7. The van der Waals surface area contributed by atoms with Gasteiger partial charge in [-0.3, -0.25) is 0 Å². The molecule has 1 aliphatic rings. The van der Waals surface area contributed by atoms with Crippen molar-refractivity contribution in [3.05, 3.63) is 35.0 Å². The van der Waals surface area contributed by atoms with E-state index in [-0.39, 0.29) is 6.61 Å². The maximum Gasteiger partial charge on any atom is 0.338 e. The van der Waals surface area contributed by atoms with E-state index < -0.39 is 12.0 Å². The predicted octanol–water partition coefficient (Wildman–Crippen LogP) is 1.17. The van der Waals surface area contributed by atoms with Crippen LogP contribution in [-0.2, 0) is 14.3 Å². The molecule has 1 aromatic carbocycles. The zero-order valence-electron chi connectivity index (χ0n) is 15.6. The number of anilines is 1. The molecule has 0 amide bonds. The maximum atomic E-state index is 12.8. The number of ether oxygens (including phenoxy) is 4. The zero-order valence-corrected chi connectivity index (χ0v) is 15.6. The normalized spacial score (nSPS) is 15.8. The van der Waals surface area contributed by atoms with Gasteiger partial charge in [0.1, 0.15) is 12.6 Å². The van der Waals surface area contributed by atoms with Crippen LogP contribution >= 0.6 is 0 Å². The summed E-state index contributed by atoms with van der Waals surface area (Å²) in [6.45, 7) is 2.20. The van der Waals surface area contributed by atoms with E-state index in [1.54, 1.807) is 20.1 Å². The molecular formula is C17H21N5O5. The van der Waals surface area contributed by atoms with E-state index in [2.05, 4.69) is 20.8 Å². The maximum absolute atomic E-state index is 12.8. The largest absolute Gasteiger partial charge is 0.493 e. The van der Waals surface area contributed by atoms with E-state index in [9.17, 15) is 4.79 Å². The van der Waals surface area contributed by atoms with Crippen molar-refractivity contribution in [2.45, 2.75) is 13.0 Å². The predicted molar refractivity (Wildman–Crippen MR) is 94.7 cm³/mol. The third-order valence-corrected chi connectivity index (χ3v) is 4.18. The van der Waals surface area contributed by atoms with Crippen LogP contribution in [0.2, 0.25) is 0 Å². The van der Waals surface area contributed by atoms with Crippen LogP contribution in [0.5, 0.6) is 11.5 Å². The van der Waals surface area contributed by atoms with E-state index in [1.807, 2.05) is 12.1 Å². The number of hydrogen-bond acceptors (Lipinski definition) is 9. The molecule has 0 saturated heterocycles. The first-order chi connectivity index (χ1) is 13.1. The molecule has 10 heteroatoms. The summed E-state index contributed by atoms with van der Waals surface area (Å²) in [5.74, 6) is 0.945. The number of allylic oxidation sites excluding steroid dienone is 1. The summed E-state index contributed by atoms with van der Waals surface area (Å²) >= 11 is 0. The highest BCUT2D eigenvalue weighted by molar-refractivity contribution is 5.92. The van der Waals surface area contributed by atoms with E-state index in [0.29, 0.717) is 40.9 Å². The lowest BCUT2D eigenvalue weighted by molar-refractivity contribution is -0.140. The summed E-state index contributed by atoms with van der Waals surface area (Å²) in [5.41, 5.74) is 1.64. The third-order valence-electron chi connectivity index (χ3n) is 4.18. The topological polar surface area (TPSA) is 110 Å². The van der Waals surface area contributed by atoms with Crippen molar-refractivity contribution in [2.24, 2.45) is 0 Å². The number of aromatic nitrogens is 4. The Morgan fingerprint density at radius 2 is 2.04 bits per heavy atom. The first-order valence-corrected chi connectivity index (χ1v) is 8.25. The molecule has 144 valence electrons. The SMILES string of the molecule is COCCOC(=O)C1=C(C)Nc2nnnn2C1c1cccc(OC)c1OC. The number of carbonyl (C=O) groups is 1. The molecule has 1 unspecified atom stereocenters. The van der Waals surface area contributed by atoms with E-state index in [4.69, 9.17) is 18.9 Å². The van der Waals surface area contributed by atoms with Gasteiger partial charge >= 0.3 is 5.97 Å². The van der Waals surface area contributed by atoms with Gasteiger partial charge in [0.25, 0.3) is 0 Å². The van der Waals surface area contributed by atoms with Crippen LogP contribution in [0, 0.1) is 0 Å². The summed E-state index contributed by atoms with van der Waals surface area (Å²) in [6, 6.07) is 4.78. The molecule has 3 rings (SSSR count). The minimum absolute atomic E-state index is 0.135. The lowest BCUT2D eigenvalue weighted by Gasteiger charge is -2.28. The standard InChI is InChI=1S/C17H21N5O5/c1-10-13(16(23)27-9-8-24-2)14(22-17(18-10)19-20-21-22)11-6-5-7-12(25-3)15(11)26-4/h5-7,14H,8-9H2,1-4H3,(H,18,19,21). The Morgan fingerprint density at radius 1 is 1.22 bits per heavy atom. The lowest BCUT2D eigenvalue weighted by atomic mass is 9.94. The Bertz CT molecular complexity index is 863. The van der Waals surface area contributed by atoms with Gasteiger partial charge in [0, 0.05) is 18.4 Å². The van der Waals surface area contributed by atoms with Crippen LogP contribution < -0.4 is 14.8 Å². The Hall–Kier alpha value is -3.14. The number of carbonyl (C=O) groups excluding carboxylic acids is 1. The van der Waals surface area contributed by atoms with Gasteiger partial charge in [0.15, 0.2) is 11.5 Å². The van der Waals surface area contributed by atoms with Crippen molar-refractivity contribution in [1.29, 1.82) is 0 Å². The fourth-order valence-electron chi connectivity index (χ4n) is 2.99. The van der Waals surface area contributed by atoms with E-state index in [1.165, 1.54) is 18.9 Å². The van der Waals surface area contributed by atoms with Gasteiger partial charge in [-0.1, -0.05) is 17.2 Å². The molecule has 0 aliphatic carbocycles. The van der Waals surface area contributed by atoms with E-state index >= 15 is 0 Å². The van der Waals surface area contributed by atoms with Crippen molar-refractivity contribution in [2.75, 3.05) is 39.9 Å². The van der Waals surface area contributed by atoms with E-state index in [0.717, 1.165) is 0 Å². The van der Waals surface area contributed by atoms with Crippen molar-refractivity contribution >= 4 is 11.9 Å². The summed E-state index contributed by atoms with van der Waals surface area (Å²) in [6.07, 6.45) is 0. The van der Waals surface area contributed by atoms with Crippen molar-refractivity contribution < 1.29 is 23.7 Å². The monoisotopic (exact) mass is 375 g/mol. The number of benzene rings is 1. The number of nitrogens with zero attached hydrogens (tertiary/aromatic N) is 4. The lowest BCUT2D eigenvalue weighted by Crippen LogP contribution is -2.30. The number of nitrogens with one attached hydrogen (secondary N) is 1. The minimum Gasteiger partial charge on any atom is -0.493 e. The first-order valence-electron chi connectivity index (χ1n) is 8.25. The molecule has 1 aromatic heterocycles. The quantitative estimate of drug-likeness (QED) is 0.563. The van der Waals surface area contributed by atoms with Gasteiger partial charge in [-0.05, 0) is 23.4 Å². The first kappa shape index (κ1) is 18.6. The van der Waals surface area contributed by atoms with Gasteiger partial charge in [-0.15, -0.1) is 0 Å². The Balaban J connectivity index is 2.11. The molecule has 10 nitrogen and oxygen atoms in total. The molecule has 1 atom stereocenters. The fraction of sp³-hybridized carbons (Fsp3) is 0.412. The Morgan fingerprint density at radius 3 is 2.74 bits per heavy atom. The molecule has 0 fully saturated rings. The van der Waals surface area contributed by atoms with Crippen LogP contribution in [0.4, 0.5) is 5.95 Å². The summed E-state index contributed by atoms with van der Waals surface area (Å²) in [7, 11) is 4.63. The number of esters is 1. The number of fused-ring (bicyclic) bond motifs is 1. The molecule has 1 aliphatic heterocycles. The number of para-hydroxylation sites is 1. The van der Waals surface area contributed by atoms with Crippen LogP contribution in [0.25, 0.3) is 0 Å². The second kappa shape index (κ2) is 8.04. The molecule has 27 heavy (non-hydrogen) atoms. The van der Waals surface area contributed by atoms with Gasteiger partial charge in [0.2, 0.25) is 5.95 Å². The number of hydrogen-bond donors (Lipinski definition) is 1. The summed E-state index contributed by atoms with van der Waals surface area (Å²) in [5, 5.41) is 14.7. The molecular weight excluding hydrogens is 354 g/mol. The highest BCUT2D eigenvalue weighted by Gasteiger charge is 2.37. The van der Waals surface area contributed by atoms with Gasteiger partial charge in [-0.25, -0.2) is 4.79 Å². The van der Waals surface area contributed by atoms with Gasteiger partial charge in [-0.2, -0.15) is 4.68 Å². The second-order valence-corrected chi connectivity index (χ2v) is 5.72. The second-order valence-electron chi connectivity index (χ2n) is 5.72. The molecule has 0 saturated carbocycles. The molecule has 1 N–H and O–H groups in total. The van der Waals surface area contributed by atoms with Gasteiger partial charge < -0.3 is 24.3 Å². The molecule has 0 bridgehead atoms. The molecule has 0 radical (unpaired) electrons. The van der Waals surface area contributed by atoms with Crippen LogP contribution in [-0.4, -0.2) is 60.7 Å². The number of tetrazole rings is 1. The van der Waals surface area contributed by atoms with Gasteiger partial charge in [0.05, 0.1) is 26.4 Å². The van der Waals surface area contributed by atoms with Crippen LogP contribution in [0.3, 0.4) is 0 Å². The molecule has 2 aromatic rings. The van der Waals surface area contributed by atoms with Crippen LogP contribution in [0.15, 0.2) is 29.5 Å². The summed E-state index contributed by atoms with van der Waals surface area (Å²) < 4.78 is 22.7. The smallest absolute Gasteiger partial charge is 0.338 e. The highest BCUT2D eigenvalue weighted by atomic mass is 16.6. The minimum atomic E-state index is -0.642. The molecule has 0 spiro atoms.